The molecule has 0 radical (unpaired) electrons. The lowest BCUT2D eigenvalue weighted by atomic mass is 9.80. The number of hydrogen-bond donors (Lipinski definition) is 0. The van der Waals surface area contributed by atoms with Crippen LogP contribution in [0.15, 0.2) is 170 Å². The van der Waals surface area contributed by atoms with Gasteiger partial charge in [0.15, 0.2) is 0 Å². The van der Waals surface area contributed by atoms with Gasteiger partial charge in [0.1, 0.15) is 78.5 Å². The molecule has 1 unspecified atom stereocenters. The van der Waals surface area contributed by atoms with Crippen molar-refractivity contribution in [1.29, 1.82) is 0 Å². The highest BCUT2D eigenvalue weighted by Gasteiger charge is 2.47. The minimum atomic E-state index is -1.46. The molecular formula is C104H119N3O21. The van der Waals surface area contributed by atoms with Crippen LogP contribution in [0.2, 0.25) is 0 Å². The normalized spacial score (nSPS) is 13.6. The van der Waals surface area contributed by atoms with Gasteiger partial charge in [-0.25, -0.2) is 19.2 Å². The topological polar surface area (TPSA) is 274 Å². The number of imide groups is 2. The Morgan fingerprint density at radius 2 is 0.633 bits per heavy atom. The number of amides is 5. The number of hydrogen-bond acceptors (Lipinski definition) is 21. The zero-order chi connectivity index (χ0) is 91.1. The van der Waals surface area contributed by atoms with Crippen LogP contribution in [0.1, 0.15) is 209 Å². The van der Waals surface area contributed by atoms with Crippen molar-refractivity contribution in [3.63, 3.8) is 0 Å². The first-order valence-electron chi connectivity index (χ1n) is 45.0. The largest absolute Gasteiger partial charge is 0.460 e. The summed E-state index contributed by atoms with van der Waals surface area (Å²) in [6, 6.07) is 34.7. The van der Waals surface area contributed by atoms with Crippen LogP contribution in [0.4, 0.5) is 0 Å². The molecule has 24 heteroatoms. The van der Waals surface area contributed by atoms with Crippen LogP contribution in [0, 0.1) is 5.92 Å². The smallest absolute Gasteiger partial charge is 0.333 e. The fourth-order valence-corrected chi connectivity index (χ4v) is 16.9. The summed E-state index contributed by atoms with van der Waals surface area (Å²) in [5, 5.41) is 2.10. The molecule has 2 heterocycles. The first kappa shape index (κ1) is 95.0. The molecule has 1 aliphatic carbocycles. The number of ether oxygens (including phenoxy) is 12. The summed E-state index contributed by atoms with van der Waals surface area (Å²) in [5.41, 5.74) is 5.08. The first-order chi connectivity index (χ1) is 61.9. The number of fused-ring (bicyclic) bond motifs is 2. The van der Waals surface area contributed by atoms with Gasteiger partial charge in [0, 0.05) is 97.7 Å². The van der Waals surface area contributed by atoms with Crippen molar-refractivity contribution in [3.05, 3.63) is 214 Å². The zero-order valence-corrected chi connectivity index (χ0v) is 75.1. The van der Waals surface area contributed by atoms with Gasteiger partial charge in [0.25, 0.3) is 23.6 Å². The molecule has 0 spiro atoms. The van der Waals surface area contributed by atoms with Crippen molar-refractivity contribution in [1.82, 2.24) is 14.7 Å². The summed E-state index contributed by atoms with van der Waals surface area (Å²) in [6.07, 6.45) is 12.9. The standard InChI is InChI=1S/C104H119N3O21/c1-13-21-69-27-36-75(37-28-69)125-84-61-79-88-80(97(109)106(96(79)108)74(45-49-117-53-57-121-101(113)65(5)6)46-50-118-54-58-122-102(114)66(7)8)62-85(126-76-38-29-70(22-14-2)30-39-76)91-93-87(128-78-42-33-72(24-16-4)34-43-78)64-82-89-81(63-86(92(95(89)93)90(84)94(88)91)127-77-40-31-71(23-15-3)32-41-77)98(110)107(99(82)111)83(44-35-73-25-19-17-18-20-26-73)100(112)105(47-51-119-55-59-123-103(115)67(9)10)48-52-120-56-60-124-104(116)68(11)12/h27-34,36-43,61-64,73-74,83H,5,7,9,11,13-26,35,44-60H2,1-4,6,8,10,12H3. The first-order valence-corrected chi connectivity index (χ1v) is 45.0. The van der Waals surface area contributed by atoms with Crippen LogP contribution in [0.25, 0.3) is 43.1 Å². The molecule has 0 aromatic heterocycles. The Kier molecular flexibility index (Phi) is 33.8. The van der Waals surface area contributed by atoms with Gasteiger partial charge in [-0.15, -0.1) is 0 Å². The van der Waals surface area contributed by atoms with E-state index in [0.717, 1.165) is 117 Å². The van der Waals surface area contributed by atoms with E-state index in [1.54, 1.807) is 24.3 Å². The molecule has 1 atom stereocenters. The van der Waals surface area contributed by atoms with E-state index < -0.39 is 65.5 Å². The van der Waals surface area contributed by atoms with Gasteiger partial charge in [-0.2, -0.15) is 0 Å². The van der Waals surface area contributed by atoms with Crippen molar-refractivity contribution >= 4 is 96.5 Å². The molecule has 12 rings (SSSR count). The van der Waals surface area contributed by atoms with Gasteiger partial charge >= 0.3 is 23.9 Å². The van der Waals surface area contributed by atoms with E-state index in [2.05, 4.69) is 54.0 Å². The zero-order valence-electron chi connectivity index (χ0n) is 75.1. The van der Waals surface area contributed by atoms with E-state index in [-0.39, 0.29) is 212 Å². The Hall–Kier alpha value is -12.1. The second kappa shape index (κ2) is 45.6. The number of aryl methyl sites for hydroxylation is 4. The maximum absolute atomic E-state index is 17.2. The number of esters is 4. The second-order valence-electron chi connectivity index (χ2n) is 33.3. The summed E-state index contributed by atoms with van der Waals surface area (Å²) in [4.78, 5) is 138. The number of carbonyl (C=O) groups excluding carboxylic acids is 9. The molecule has 0 N–H and O–H groups in total. The van der Waals surface area contributed by atoms with Gasteiger partial charge in [0.05, 0.1) is 61.9 Å². The van der Waals surface area contributed by atoms with Crippen molar-refractivity contribution < 1.29 is 100.0 Å². The average molecular weight is 1750 g/mol. The molecule has 9 aromatic rings. The predicted octanol–water partition coefficient (Wildman–Crippen LogP) is 20.5. The molecule has 9 aromatic carbocycles. The number of carbonyl (C=O) groups is 9. The molecule has 5 amide bonds. The molecule has 2 aliphatic heterocycles. The monoisotopic (exact) mass is 1750 g/mol. The highest BCUT2D eigenvalue weighted by Crippen LogP contribution is 2.58. The van der Waals surface area contributed by atoms with Crippen LogP contribution in [0.3, 0.4) is 0 Å². The van der Waals surface area contributed by atoms with Crippen molar-refractivity contribution in [3.8, 4) is 46.0 Å². The van der Waals surface area contributed by atoms with Crippen molar-refractivity contribution in [2.24, 2.45) is 5.92 Å². The lowest BCUT2D eigenvalue weighted by Gasteiger charge is -2.37. The van der Waals surface area contributed by atoms with Crippen LogP contribution >= 0.6 is 0 Å². The van der Waals surface area contributed by atoms with Gasteiger partial charge in [-0.3, -0.25) is 33.8 Å². The minimum Gasteiger partial charge on any atom is -0.460 e. The Bertz CT molecular complexity index is 5240. The number of nitrogens with zero attached hydrogens (tertiary/aromatic N) is 3. The summed E-state index contributed by atoms with van der Waals surface area (Å²) in [7, 11) is 0. The maximum Gasteiger partial charge on any atom is 0.333 e. The van der Waals surface area contributed by atoms with E-state index in [0.29, 0.717) is 45.6 Å². The van der Waals surface area contributed by atoms with E-state index in [1.807, 2.05) is 97.1 Å². The molecule has 24 nitrogen and oxygen atoms in total. The van der Waals surface area contributed by atoms with Crippen LogP contribution < -0.4 is 18.9 Å². The number of rotatable bonds is 50. The van der Waals surface area contributed by atoms with E-state index in [4.69, 9.17) is 56.8 Å². The van der Waals surface area contributed by atoms with Crippen LogP contribution in [-0.2, 0) is 87.6 Å². The summed E-state index contributed by atoms with van der Waals surface area (Å²) >= 11 is 0. The fraction of sp³-hybridized carbons (Fsp3) is 0.413. The Morgan fingerprint density at radius 1 is 0.352 bits per heavy atom. The number of benzene rings is 9. The minimum absolute atomic E-state index is 0.00969. The third-order valence-electron chi connectivity index (χ3n) is 23.3. The summed E-state index contributed by atoms with van der Waals surface area (Å²) in [6.45, 7) is 28.4. The van der Waals surface area contributed by atoms with Crippen LogP contribution in [0.5, 0.6) is 46.0 Å². The molecule has 0 saturated heterocycles. The molecule has 1 fully saturated rings. The lowest BCUT2D eigenvalue weighted by Crippen LogP contribution is -2.55. The van der Waals surface area contributed by atoms with E-state index in [1.165, 1.54) is 37.5 Å². The molecule has 3 aliphatic rings. The third-order valence-corrected chi connectivity index (χ3v) is 23.3. The maximum atomic E-state index is 17.2. The molecule has 676 valence electrons. The summed E-state index contributed by atoms with van der Waals surface area (Å²) in [5.74, 6) is -4.05. The van der Waals surface area contributed by atoms with Crippen LogP contribution in [-0.4, -0.2) is 173 Å². The Balaban J connectivity index is 1.14. The third kappa shape index (κ3) is 23.3. The average Bonchev–Trinajstić information content (AvgIpc) is 0.735. The van der Waals surface area contributed by atoms with E-state index in [9.17, 15) is 19.2 Å². The highest BCUT2D eigenvalue weighted by atomic mass is 16.6. The van der Waals surface area contributed by atoms with Gasteiger partial charge < -0.3 is 61.7 Å². The Morgan fingerprint density at radius 3 is 0.914 bits per heavy atom. The van der Waals surface area contributed by atoms with E-state index >= 15 is 24.0 Å². The van der Waals surface area contributed by atoms with Gasteiger partial charge in [0.2, 0.25) is 5.91 Å². The second-order valence-corrected chi connectivity index (χ2v) is 33.3. The molecular weight excluding hydrogens is 1630 g/mol. The SMILES string of the molecule is C=C(C)C(=O)OCCOCCC(CCOCCOC(=O)C(=C)C)N1C(=O)c2cc(Oc3ccc(CCC)cc3)c3c4c(Oc5ccc(CCC)cc5)cc5c6c(cc(Oc7ccc(CCC)cc7)c(c7c(Oc8ccc(CCC)cc8)cc(c2c37)C1=O)c64)C(=O)N(C(CCC1CCCCCC1)C(=O)N(CCOCCOC(=O)C(=C)C)CCOCCOC(=O)C(=C)C)C5=O. The Labute approximate surface area is 749 Å². The summed E-state index contributed by atoms with van der Waals surface area (Å²) < 4.78 is 75.5. The lowest BCUT2D eigenvalue weighted by molar-refractivity contribution is -0.142. The molecule has 1 saturated carbocycles. The molecule has 0 bridgehead atoms. The van der Waals surface area contributed by atoms with Gasteiger partial charge in [-0.05, 0) is 180 Å². The van der Waals surface area contributed by atoms with Crippen molar-refractivity contribution in [2.75, 3.05) is 92.4 Å². The van der Waals surface area contributed by atoms with Crippen molar-refractivity contribution in [2.45, 2.75) is 183 Å². The fourth-order valence-electron chi connectivity index (χ4n) is 16.9. The van der Waals surface area contributed by atoms with Gasteiger partial charge in [-0.1, -0.05) is 167 Å². The quantitative estimate of drug-likeness (QED) is 0.00501. The molecule has 128 heavy (non-hydrogen) atoms. The highest BCUT2D eigenvalue weighted by molar-refractivity contribution is 6.45. The predicted molar refractivity (Wildman–Crippen MR) is 491 cm³/mol.